The highest BCUT2D eigenvalue weighted by molar-refractivity contribution is 6.03. The van der Waals surface area contributed by atoms with E-state index in [9.17, 15) is 4.79 Å². The monoisotopic (exact) mass is 302 g/mol. The molecule has 0 saturated carbocycles. The summed E-state index contributed by atoms with van der Waals surface area (Å²) in [7, 11) is 0. The van der Waals surface area contributed by atoms with Gasteiger partial charge >= 0.3 is 0 Å². The van der Waals surface area contributed by atoms with E-state index in [0.717, 1.165) is 30.9 Å². The lowest BCUT2D eigenvalue weighted by Crippen LogP contribution is -2.39. The zero-order valence-corrected chi connectivity index (χ0v) is 13.8. The number of amides is 1. The highest BCUT2D eigenvalue weighted by Crippen LogP contribution is 2.17. The molecule has 0 aliphatic carbocycles. The number of aryl methyl sites for hydroxylation is 1. The van der Waals surface area contributed by atoms with Crippen LogP contribution in [-0.4, -0.2) is 37.0 Å². The van der Waals surface area contributed by atoms with Crippen molar-refractivity contribution in [1.82, 2.24) is 4.90 Å². The average molecular weight is 302 g/mol. The average Bonchev–Trinajstić information content (AvgIpc) is 2.52. The summed E-state index contributed by atoms with van der Waals surface area (Å²) in [6, 6.07) is 7.86. The summed E-state index contributed by atoms with van der Waals surface area (Å²) in [6.45, 7) is 16.7. The van der Waals surface area contributed by atoms with Crippen molar-refractivity contribution in [2.75, 3.05) is 31.1 Å². The van der Waals surface area contributed by atoms with Gasteiger partial charge in [-0.1, -0.05) is 44.7 Å². The second-order valence-corrected chi connectivity index (χ2v) is 5.03. The van der Waals surface area contributed by atoms with Gasteiger partial charge in [-0.3, -0.25) is 4.79 Å². The molecular weight excluding hydrogens is 276 g/mol. The van der Waals surface area contributed by atoms with Gasteiger partial charge in [-0.15, -0.1) is 0 Å². The van der Waals surface area contributed by atoms with Crippen LogP contribution in [0.3, 0.4) is 0 Å². The molecule has 0 aliphatic heterocycles. The van der Waals surface area contributed by atoms with Gasteiger partial charge in [0.15, 0.2) is 5.76 Å². The number of ether oxygens (including phenoxy) is 1. The molecule has 0 N–H and O–H groups in total. The number of benzene rings is 1. The zero-order chi connectivity index (χ0) is 16.5. The van der Waals surface area contributed by atoms with Crippen LogP contribution < -0.4 is 4.90 Å². The maximum Gasteiger partial charge on any atom is 0.293 e. The number of rotatable bonds is 9. The van der Waals surface area contributed by atoms with Crippen LogP contribution in [0.4, 0.5) is 5.69 Å². The van der Waals surface area contributed by atoms with E-state index in [0.29, 0.717) is 6.54 Å². The molecule has 4 nitrogen and oxygen atoms in total. The fourth-order valence-corrected chi connectivity index (χ4v) is 2.16. The minimum absolute atomic E-state index is 0.0788. The number of hydrogen-bond donors (Lipinski definition) is 0. The van der Waals surface area contributed by atoms with Crippen LogP contribution in [0.1, 0.15) is 19.4 Å². The predicted octanol–water partition coefficient (Wildman–Crippen LogP) is 3.34. The van der Waals surface area contributed by atoms with Crippen molar-refractivity contribution in [3.8, 4) is 0 Å². The highest BCUT2D eigenvalue weighted by atomic mass is 16.5. The second kappa shape index (κ2) is 9.05. The second-order valence-electron chi connectivity index (χ2n) is 5.03. The molecule has 1 amide bonds. The Hall–Kier alpha value is -2.07. The summed E-state index contributed by atoms with van der Waals surface area (Å²) in [5.74, 6) is -0.161. The van der Waals surface area contributed by atoms with Crippen molar-refractivity contribution >= 4 is 11.6 Å². The van der Waals surface area contributed by atoms with Crippen molar-refractivity contribution in [1.29, 1.82) is 0 Å². The third kappa shape index (κ3) is 5.04. The molecule has 0 aromatic heterocycles. The summed E-state index contributed by atoms with van der Waals surface area (Å²) < 4.78 is 5.05. The molecule has 22 heavy (non-hydrogen) atoms. The smallest absolute Gasteiger partial charge is 0.293 e. The van der Waals surface area contributed by atoms with Gasteiger partial charge in [0.25, 0.3) is 5.91 Å². The molecule has 0 spiro atoms. The molecule has 0 saturated heterocycles. The number of nitrogens with zero attached hydrogens (tertiary/aromatic N) is 2. The van der Waals surface area contributed by atoms with E-state index < -0.39 is 0 Å². The first-order valence-corrected chi connectivity index (χ1v) is 7.60. The first-order chi connectivity index (χ1) is 10.5. The maximum absolute atomic E-state index is 12.5. The van der Waals surface area contributed by atoms with E-state index >= 15 is 0 Å². The van der Waals surface area contributed by atoms with Gasteiger partial charge in [-0.2, -0.15) is 0 Å². The zero-order valence-electron chi connectivity index (χ0n) is 13.8. The summed E-state index contributed by atoms with van der Waals surface area (Å²) in [6.07, 6.45) is 1.22. The van der Waals surface area contributed by atoms with Crippen molar-refractivity contribution in [3.63, 3.8) is 0 Å². The Labute approximate surface area is 133 Å². The molecule has 4 heteroatoms. The Morgan fingerprint density at radius 3 is 2.27 bits per heavy atom. The van der Waals surface area contributed by atoms with Crippen LogP contribution >= 0.6 is 0 Å². The number of carbonyl (C=O) groups is 1. The molecule has 1 rings (SSSR count). The summed E-state index contributed by atoms with van der Waals surface area (Å²) in [4.78, 5) is 16.5. The molecule has 0 atom stereocenters. The number of likely N-dealkylation sites (N-methyl/N-ethyl adjacent to an activating group) is 1. The van der Waals surface area contributed by atoms with Crippen LogP contribution in [0.5, 0.6) is 0 Å². The lowest BCUT2D eigenvalue weighted by molar-refractivity contribution is -0.117. The quantitative estimate of drug-likeness (QED) is 0.518. The van der Waals surface area contributed by atoms with E-state index in [1.807, 2.05) is 31.2 Å². The lowest BCUT2D eigenvalue weighted by Gasteiger charge is -2.27. The van der Waals surface area contributed by atoms with Crippen molar-refractivity contribution < 1.29 is 9.53 Å². The van der Waals surface area contributed by atoms with E-state index in [1.165, 1.54) is 6.26 Å². The van der Waals surface area contributed by atoms with E-state index in [1.54, 1.807) is 4.90 Å². The van der Waals surface area contributed by atoms with Gasteiger partial charge in [-0.25, -0.2) is 0 Å². The van der Waals surface area contributed by atoms with Gasteiger partial charge in [-0.05, 0) is 32.1 Å². The highest BCUT2D eigenvalue weighted by Gasteiger charge is 2.20. The third-order valence-electron chi connectivity index (χ3n) is 3.59. The Morgan fingerprint density at radius 2 is 1.77 bits per heavy atom. The molecule has 0 aliphatic rings. The summed E-state index contributed by atoms with van der Waals surface area (Å²) in [5, 5.41) is 0. The number of hydrogen-bond acceptors (Lipinski definition) is 3. The number of anilines is 1. The van der Waals surface area contributed by atoms with E-state index in [4.69, 9.17) is 4.74 Å². The molecule has 0 radical (unpaired) electrons. The standard InChI is InChI=1S/C18H26N2O2/c1-6-19(7-2)13-14-20(18(21)16(5)22-8-3)17-11-9-15(4)10-12-17/h8-12H,3,5-7,13-14H2,1-2,4H3. The van der Waals surface area contributed by atoms with Crippen LogP contribution in [0, 0.1) is 6.92 Å². The molecule has 0 unspecified atom stereocenters. The SMILES string of the molecule is C=COC(=C)C(=O)N(CCN(CC)CC)c1ccc(C)cc1. The van der Waals surface area contributed by atoms with Gasteiger partial charge < -0.3 is 14.5 Å². The largest absolute Gasteiger partial charge is 0.460 e. The molecule has 0 bridgehead atoms. The Balaban J connectivity index is 2.93. The van der Waals surface area contributed by atoms with Crippen LogP contribution in [0.2, 0.25) is 0 Å². The van der Waals surface area contributed by atoms with E-state index in [2.05, 4.69) is 31.9 Å². The fraction of sp³-hybridized carbons (Fsp3) is 0.389. The van der Waals surface area contributed by atoms with Gasteiger partial charge in [0, 0.05) is 18.8 Å². The minimum Gasteiger partial charge on any atom is -0.460 e. The van der Waals surface area contributed by atoms with Crippen LogP contribution in [0.15, 0.2) is 49.4 Å². The van der Waals surface area contributed by atoms with Gasteiger partial charge in [0.05, 0.1) is 6.26 Å². The predicted molar refractivity (Wildman–Crippen MR) is 91.7 cm³/mol. The molecular formula is C18H26N2O2. The summed E-state index contributed by atoms with van der Waals surface area (Å²) >= 11 is 0. The topological polar surface area (TPSA) is 32.8 Å². The van der Waals surface area contributed by atoms with Gasteiger partial charge in [0.2, 0.25) is 0 Å². The molecule has 0 heterocycles. The summed E-state index contributed by atoms with van der Waals surface area (Å²) in [5.41, 5.74) is 2.00. The molecule has 1 aromatic carbocycles. The first kappa shape index (κ1) is 18.0. The van der Waals surface area contributed by atoms with Gasteiger partial charge in [0.1, 0.15) is 0 Å². The minimum atomic E-state index is -0.240. The molecule has 0 fully saturated rings. The van der Waals surface area contributed by atoms with E-state index in [-0.39, 0.29) is 11.7 Å². The third-order valence-corrected chi connectivity index (χ3v) is 3.59. The first-order valence-electron chi connectivity index (χ1n) is 7.60. The maximum atomic E-state index is 12.5. The van der Waals surface area contributed by atoms with Crippen LogP contribution in [-0.2, 0) is 9.53 Å². The lowest BCUT2D eigenvalue weighted by atomic mass is 10.2. The Bertz CT molecular complexity index is 504. The van der Waals surface area contributed by atoms with Crippen molar-refractivity contribution in [2.45, 2.75) is 20.8 Å². The normalized spacial score (nSPS) is 10.4. The number of carbonyl (C=O) groups excluding carboxylic acids is 1. The van der Waals surface area contributed by atoms with Crippen LogP contribution in [0.25, 0.3) is 0 Å². The Kier molecular flexibility index (Phi) is 7.40. The van der Waals surface area contributed by atoms with Crippen molar-refractivity contribution in [2.24, 2.45) is 0 Å². The molecule has 1 aromatic rings. The molecule has 120 valence electrons. The fourth-order valence-electron chi connectivity index (χ4n) is 2.16. The Morgan fingerprint density at radius 1 is 1.18 bits per heavy atom. The van der Waals surface area contributed by atoms with Crippen molar-refractivity contribution in [3.05, 3.63) is 55.0 Å².